The van der Waals surface area contributed by atoms with E-state index in [1.165, 1.54) is 26.4 Å². The number of urea groups is 1. The molecule has 1 N–H and O–H groups in total. The number of esters is 1. The summed E-state index contributed by atoms with van der Waals surface area (Å²) in [4.78, 5) is 36.5. The van der Waals surface area contributed by atoms with Crippen molar-refractivity contribution in [2.24, 2.45) is 0 Å². The van der Waals surface area contributed by atoms with E-state index in [4.69, 9.17) is 27.9 Å². The highest BCUT2D eigenvalue weighted by molar-refractivity contribution is 6.38. The summed E-state index contributed by atoms with van der Waals surface area (Å²) in [6.45, 7) is 0. The predicted molar refractivity (Wildman–Crippen MR) is 84.1 cm³/mol. The summed E-state index contributed by atoms with van der Waals surface area (Å²) in [5.41, 5.74) is 0.226. The number of hydrogen-bond acceptors (Lipinski definition) is 5. The van der Waals surface area contributed by atoms with E-state index >= 15 is 0 Å². The third-order valence-electron chi connectivity index (χ3n) is 3.33. The van der Waals surface area contributed by atoms with Crippen molar-refractivity contribution in [3.05, 3.63) is 22.2 Å². The minimum atomic E-state index is -0.804. The number of nitrogens with one attached hydrogen (secondary N) is 1. The van der Waals surface area contributed by atoms with Crippen LogP contribution in [0.4, 0.5) is 10.5 Å². The van der Waals surface area contributed by atoms with Crippen LogP contribution in [0.2, 0.25) is 10.0 Å². The van der Waals surface area contributed by atoms with Crippen molar-refractivity contribution in [3.63, 3.8) is 0 Å². The number of carbonyl (C=O) groups excluding carboxylic acids is 3. The molecular formula is C14H14Cl2N2O5. The third-order valence-corrected chi connectivity index (χ3v) is 3.89. The first-order valence-corrected chi connectivity index (χ1v) is 7.39. The summed E-state index contributed by atoms with van der Waals surface area (Å²) in [6, 6.07) is 1.40. The lowest BCUT2D eigenvalue weighted by Crippen LogP contribution is -2.31. The van der Waals surface area contributed by atoms with Crippen molar-refractivity contribution < 1.29 is 23.9 Å². The Hall–Kier alpha value is -1.99. The van der Waals surface area contributed by atoms with E-state index in [1.54, 1.807) is 0 Å². The van der Waals surface area contributed by atoms with Gasteiger partial charge in [-0.1, -0.05) is 23.2 Å². The number of rotatable bonds is 5. The van der Waals surface area contributed by atoms with Gasteiger partial charge in [-0.25, -0.2) is 9.69 Å². The fraction of sp³-hybridized carbons (Fsp3) is 0.357. The molecular weight excluding hydrogens is 347 g/mol. The van der Waals surface area contributed by atoms with Crippen LogP contribution >= 0.6 is 23.2 Å². The maximum Gasteiger partial charge on any atom is 0.329 e. The molecule has 1 saturated heterocycles. The molecule has 23 heavy (non-hydrogen) atoms. The zero-order valence-electron chi connectivity index (χ0n) is 12.4. The van der Waals surface area contributed by atoms with Gasteiger partial charge in [0, 0.05) is 6.42 Å². The van der Waals surface area contributed by atoms with Crippen LogP contribution in [0.3, 0.4) is 0 Å². The minimum Gasteiger partial charge on any atom is -0.494 e. The molecule has 0 radical (unpaired) electrons. The van der Waals surface area contributed by atoms with Gasteiger partial charge < -0.3 is 14.8 Å². The van der Waals surface area contributed by atoms with Crippen LogP contribution in [0.25, 0.3) is 0 Å². The van der Waals surface area contributed by atoms with Crippen molar-refractivity contribution in [2.75, 3.05) is 19.1 Å². The van der Waals surface area contributed by atoms with Crippen molar-refractivity contribution in [1.29, 1.82) is 0 Å². The zero-order chi connectivity index (χ0) is 17.1. The van der Waals surface area contributed by atoms with Gasteiger partial charge in [0.05, 0.1) is 30.0 Å². The second kappa shape index (κ2) is 7.06. The summed E-state index contributed by atoms with van der Waals surface area (Å²) in [5.74, 6) is -0.691. The molecule has 1 heterocycles. The molecule has 7 nitrogen and oxygen atoms in total. The van der Waals surface area contributed by atoms with Gasteiger partial charge in [0.25, 0.3) is 5.91 Å². The fourth-order valence-electron chi connectivity index (χ4n) is 2.21. The van der Waals surface area contributed by atoms with E-state index in [9.17, 15) is 14.4 Å². The standard InChI is InChI=1S/C14H14Cl2N2O5/c1-22-11(19)4-3-10-13(20)18(14(21)17-10)7-5-8(15)12(23-2)9(16)6-7/h5-6,10H,3-4H2,1-2H3,(H,17,21)/t10-/m1/s1. The van der Waals surface area contributed by atoms with Gasteiger partial charge in [0.15, 0.2) is 5.75 Å². The number of imide groups is 1. The topological polar surface area (TPSA) is 84.9 Å². The summed E-state index contributed by atoms with van der Waals surface area (Å²) in [7, 11) is 2.66. The number of anilines is 1. The Morgan fingerprint density at radius 1 is 1.26 bits per heavy atom. The normalized spacial score (nSPS) is 17.2. The Bertz CT molecular complexity index is 642. The van der Waals surface area contributed by atoms with E-state index in [0.717, 1.165) is 4.90 Å². The van der Waals surface area contributed by atoms with E-state index in [-0.39, 0.29) is 34.3 Å². The summed E-state index contributed by atoms with van der Waals surface area (Å²) in [5, 5.41) is 2.86. The molecule has 1 aromatic rings. The lowest BCUT2D eigenvalue weighted by atomic mass is 10.1. The smallest absolute Gasteiger partial charge is 0.329 e. The molecule has 124 valence electrons. The van der Waals surface area contributed by atoms with E-state index < -0.39 is 23.9 Å². The number of carbonyl (C=O) groups is 3. The van der Waals surface area contributed by atoms with Crippen LogP contribution in [0.5, 0.6) is 5.75 Å². The lowest BCUT2D eigenvalue weighted by Gasteiger charge is -2.15. The van der Waals surface area contributed by atoms with Gasteiger partial charge in [-0.15, -0.1) is 0 Å². The average Bonchev–Trinajstić information content (AvgIpc) is 2.78. The molecule has 3 amide bonds. The lowest BCUT2D eigenvalue weighted by molar-refractivity contribution is -0.140. The van der Waals surface area contributed by atoms with Crippen LogP contribution in [-0.4, -0.2) is 38.2 Å². The average molecular weight is 361 g/mol. The molecule has 2 rings (SSSR count). The first kappa shape index (κ1) is 17.4. The highest BCUT2D eigenvalue weighted by Crippen LogP contribution is 2.37. The number of methoxy groups -OCH3 is 2. The Kier molecular flexibility index (Phi) is 5.33. The maximum absolute atomic E-state index is 12.4. The zero-order valence-corrected chi connectivity index (χ0v) is 13.9. The van der Waals surface area contributed by atoms with Gasteiger partial charge in [-0.2, -0.15) is 0 Å². The quantitative estimate of drug-likeness (QED) is 0.643. The van der Waals surface area contributed by atoms with E-state index in [1.807, 2.05) is 0 Å². The Labute approximate surface area is 142 Å². The molecule has 0 spiro atoms. The summed E-state index contributed by atoms with van der Waals surface area (Å²) in [6.07, 6.45) is 0.163. The molecule has 1 atom stereocenters. The van der Waals surface area contributed by atoms with Crippen molar-refractivity contribution >= 4 is 46.8 Å². The van der Waals surface area contributed by atoms with Crippen LogP contribution < -0.4 is 15.0 Å². The summed E-state index contributed by atoms with van der Waals surface area (Å²) < 4.78 is 9.54. The largest absolute Gasteiger partial charge is 0.494 e. The number of halogens is 2. The van der Waals surface area contributed by atoms with Crippen LogP contribution in [0, 0.1) is 0 Å². The molecule has 9 heteroatoms. The van der Waals surface area contributed by atoms with Crippen LogP contribution in [-0.2, 0) is 14.3 Å². The molecule has 0 unspecified atom stereocenters. The molecule has 1 fully saturated rings. The number of benzene rings is 1. The number of ether oxygens (including phenoxy) is 2. The second-order valence-corrected chi connectivity index (χ2v) is 5.55. The molecule has 0 aliphatic carbocycles. The molecule has 1 aromatic carbocycles. The van der Waals surface area contributed by atoms with Crippen LogP contribution in [0.15, 0.2) is 12.1 Å². The number of hydrogen-bond donors (Lipinski definition) is 1. The van der Waals surface area contributed by atoms with Gasteiger partial charge in [0.2, 0.25) is 0 Å². The molecule has 0 aromatic heterocycles. The van der Waals surface area contributed by atoms with Gasteiger partial charge in [-0.3, -0.25) is 9.59 Å². The van der Waals surface area contributed by atoms with Crippen LogP contribution in [0.1, 0.15) is 12.8 Å². The highest BCUT2D eigenvalue weighted by Gasteiger charge is 2.39. The fourth-order valence-corrected chi connectivity index (χ4v) is 2.84. The SMILES string of the molecule is COC(=O)CC[C@H]1NC(=O)N(c2cc(Cl)c(OC)c(Cl)c2)C1=O. The van der Waals surface area contributed by atoms with Gasteiger partial charge in [0.1, 0.15) is 6.04 Å². The number of amides is 3. The van der Waals surface area contributed by atoms with Crippen molar-refractivity contribution in [3.8, 4) is 5.75 Å². The molecule has 1 aliphatic heterocycles. The monoisotopic (exact) mass is 360 g/mol. The molecule has 1 aliphatic rings. The van der Waals surface area contributed by atoms with Gasteiger partial charge >= 0.3 is 12.0 Å². The third kappa shape index (κ3) is 3.51. The Morgan fingerprint density at radius 3 is 2.39 bits per heavy atom. The second-order valence-electron chi connectivity index (χ2n) is 4.73. The Balaban J connectivity index is 2.22. The van der Waals surface area contributed by atoms with Crippen molar-refractivity contribution in [2.45, 2.75) is 18.9 Å². The number of nitrogens with zero attached hydrogens (tertiary/aromatic N) is 1. The Morgan fingerprint density at radius 2 is 1.87 bits per heavy atom. The van der Waals surface area contributed by atoms with E-state index in [0.29, 0.717) is 0 Å². The molecule has 0 bridgehead atoms. The van der Waals surface area contributed by atoms with Crippen molar-refractivity contribution in [1.82, 2.24) is 5.32 Å². The first-order valence-electron chi connectivity index (χ1n) is 6.63. The highest BCUT2D eigenvalue weighted by atomic mass is 35.5. The maximum atomic E-state index is 12.4. The molecule has 0 saturated carbocycles. The minimum absolute atomic E-state index is 0.0190. The predicted octanol–water partition coefficient (Wildman–Crippen LogP) is 2.38. The summed E-state index contributed by atoms with van der Waals surface area (Å²) >= 11 is 12.1. The van der Waals surface area contributed by atoms with E-state index in [2.05, 4.69) is 10.1 Å². The van der Waals surface area contributed by atoms with Gasteiger partial charge in [-0.05, 0) is 18.6 Å². The first-order chi connectivity index (χ1) is 10.9.